The van der Waals surface area contributed by atoms with Crippen LogP contribution in [0.2, 0.25) is 0 Å². The summed E-state index contributed by atoms with van der Waals surface area (Å²) in [5.74, 6) is 0.804. The van der Waals surface area contributed by atoms with E-state index in [9.17, 15) is 4.79 Å². The Hall–Kier alpha value is -2.03. The number of aryl methyl sites for hydroxylation is 1. The van der Waals surface area contributed by atoms with E-state index < -0.39 is 0 Å². The van der Waals surface area contributed by atoms with E-state index in [0.717, 1.165) is 52.5 Å². The lowest BCUT2D eigenvalue weighted by atomic mass is 10.2. The highest BCUT2D eigenvalue weighted by Gasteiger charge is 2.23. The topological polar surface area (TPSA) is 67.4 Å². The molecular weight excluding hydrogens is 380 g/mol. The molecule has 6 nitrogen and oxygen atoms in total. The first-order valence-corrected chi connectivity index (χ1v) is 10.7. The van der Waals surface area contributed by atoms with Gasteiger partial charge in [0.1, 0.15) is 17.0 Å². The Balaban J connectivity index is 1.57. The highest BCUT2D eigenvalue weighted by atomic mass is 32.1. The third kappa shape index (κ3) is 3.83. The fourth-order valence-electron chi connectivity index (χ4n) is 3.31. The zero-order valence-electron chi connectivity index (χ0n) is 15.4. The van der Waals surface area contributed by atoms with Crippen molar-refractivity contribution in [3.63, 3.8) is 0 Å². The second kappa shape index (κ2) is 7.92. The normalized spacial score (nSPS) is 16.7. The first-order chi connectivity index (χ1) is 13.1. The minimum absolute atomic E-state index is 0.0222. The highest BCUT2D eigenvalue weighted by Crippen LogP contribution is 2.34. The van der Waals surface area contributed by atoms with E-state index in [-0.39, 0.29) is 12.0 Å². The van der Waals surface area contributed by atoms with Crippen LogP contribution in [-0.4, -0.2) is 47.1 Å². The molecule has 1 aliphatic rings. The smallest absolute Gasteiger partial charge is 0.264 e. The number of nitrogens with zero attached hydrogens (tertiary/aromatic N) is 3. The number of thiophene rings is 2. The highest BCUT2D eigenvalue weighted by molar-refractivity contribution is 7.20. The number of fused-ring (bicyclic) bond motifs is 1. The molecule has 1 atom stereocenters. The molecule has 0 radical (unpaired) electrons. The molecule has 142 valence electrons. The van der Waals surface area contributed by atoms with Gasteiger partial charge in [0, 0.05) is 25.1 Å². The van der Waals surface area contributed by atoms with Crippen LogP contribution in [0.5, 0.6) is 0 Å². The summed E-state index contributed by atoms with van der Waals surface area (Å²) in [4.78, 5) is 26.3. The molecule has 3 aromatic heterocycles. The molecule has 27 heavy (non-hydrogen) atoms. The number of hydrogen-bond acceptors (Lipinski definition) is 7. The van der Waals surface area contributed by atoms with Gasteiger partial charge in [-0.25, -0.2) is 9.97 Å². The van der Waals surface area contributed by atoms with Crippen molar-refractivity contribution in [3.05, 3.63) is 39.2 Å². The van der Waals surface area contributed by atoms with Crippen molar-refractivity contribution in [2.45, 2.75) is 32.4 Å². The average molecular weight is 403 g/mol. The largest absolute Gasteiger partial charge is 0.376 e. The number of amides is 1. The maximum atomic E-state index is 13.0. The average Bonchev–Trinajstić information content (AvgIpc) is 3.41. The lowest BCUT2D eigenvalue weighted by molar-refractivity contribution is 0.0790. The molecule has 1 fully saturated rings. The number of ether oxygens (including phenoxy) is 1. The van der Waals surface area contributed by atoms with Crippen molar-refractivity contribution in [2.75, 3.05) is 25.5 Å². The molecule has 1 N–H and O–H groups in total. The zero-order valence-corrected chi connectivity index (χ0v) is 17.0. The van der Waals surface area contributed by atoms with E-state index in [0.29, 0.717) is 6.54 Å². The van der Waals surface area contributed by atoms with Gasteiger partial charge in [0.15, 0.2) is 0 Å². The van der Waals surface area contributed by atoms with Gasteiger partial charge in [-0.3, -0.25) is 4.79 Å². The monoisotopic (exact) mass is 402 g/mol. The molecule has 0 bridgehead atoms. The van der Waals surface area contributed by atoms with Crippen LogP contribution in [0.1, 0.15) is 33.0 Å². The van der Waals surface area contributed by atoms with Crippen LogP contribution >= 0.6 is 22.7 Å². The maximum absolute atomic E-state index is 13.0. The van der Waals surface area contributed by atoms with Crippen molar-refractivity contribution in [2.24, 2.45) is 0 Å². The van der Waals surface area contributed by atoms with Crippen LogP contribution in [0, 0.1) is 6.92 Å². The molecule has 1 saturated heterocycles. The Kier molecular flexibility index (Phi) is 5.38. The molecule has 1 amide bonds. The quantitative estimate of drug-likeness (QED) is 0.677. The fourth-order valence-corrected chi connectivity index (χ4v) is 5.21. The molecule has 4 rings (SSSR count). The maximum Gasteiger partial charge on any atom is 0.264 e. The van der Waals surface area contributed by atoms with E-state index in [2.05, 4.69) is 15.3 Å². The van der Waals surface area contributed by atoms with Crippen molar-refractivity contribution in [1.29, 1.82) is 0 Å². The SMILES string of the molecule is Cc1c(C(=O)N(C)Cc2cccs2)sc2ncnc(NCC3CCCO3)c12. The van der Waals surface area contributed by atoms with Gasteiger partial charge < -0.3 is 15.0 Å². The molecule has 0 saturated carbocycles. The van der Waals surface area contributed by atoms with Crippen LogP contribution < -0.4 is 5.32 Å². The Labute approximate surface area is 166 Å². The lowest BCUT2D eigenvalue weighted by Gasteiger charge is -2.15. The van der Waals surface area contributed by atoms with E-state index in [1.807, 2.05) is 31.5 Å². The molecule has 3 aromatic rings. The molecular formula is C19H22N4O2S2. The Bertz CT molecular complexity index is 933. The van der Waals surface area contributed by atoms with Gasteiger partial charge in [0.25, 0.3) is 5.91 Å². The van der Waals surface area contributed by atoms with E-state index in [4.69, 9.17) is 4.74 Å². The summed E-state index contributed by atoms with van der Waals surface area (Å²) in [5.41, 5.74) is 0.938. The molecule has 1 aliphatic heterocycles. The third-order valence-corrected chi connectivity index (χ3v) is 6.81. The lowest BCUT2D eigenvalue weighted by Crippen LogP contribution is -2.25. The number of aromatic nitrogens is 2. The fraction of sp³-hybridized carbons (Fsp3) is 0.421. The number of nitrogens with one attached hydrogen (secondary N) is 1. The number of hydrogen-bond donors (Lipinski definition) is 1. The third-order valence-electron chi connectivity index (χ3n) is 4.76. The summed E-state index contributed by atoms with van der Waals surface area (Å²) >= 11 is 3.09. The van der Waals surface area contributed by atoms with Gasteiger partial charge in [0.05, 0.1) is 22.9 Å². The van der Waals surface area contributed by atoms with E-state index in [1.54, 1.807) is 22.6 Å². The molecule has 0 aromatic carbocycles. The molecule has 8 heteroatoms. The summed E-state index contributed by atoms with van der Waals surface area (Å²) in [7, 11) is 1.84. The van der Waals surface area contributed by atoms with Crippen molar-refractivity contribution >= 4 is 44.6 Å². The molecule has 4 heterocycles. The summed E-state index contributed by atoms with van der Waals surface area (Å²) in [5, 5.41) is 6.36. The van der Waals surface area contributed by atoms with Crippen LogP contribution in [0.15, 0.2) is 23.8 Å². The van der Waals surface area contributed by atoms with Gasteiger partial charge >= 0.3 is 0 Å². The Morgan fingerprint density at radius 1 is 1.44 bits per heavy atom. The summed E-state index contributed by atoms with van der Waals surface area (Å²) < 4.78 is 5.68. The van der Waals surface area contributed by atoms with E-state index >= 15 is 0 Å². The zero-order chi connectivity index (χ0) is 18.8. The predicted molar refractivity (Wildman–Crippen MR) is 110 cm³/mol. The van der Waals surface area contributed by atoms with Crippen molar-refractivity contribution < 1.29 is 9.53 Å². The van der Waals surface area contributed by atoms with Gasteiger partial charge in [-0.2, -0.15) is 0 Å². The second-order valence-corrected chi connectivity index (χ2v) is 8.75. The first-order valence-electron chi connectivity index (χ1n) is 9.01. The molecule has 0 aliphatic carbocycles. The second-order valence-electron chi connectivity index (χ2n) is 6.72. The standard InChI is InChI=1S/C19H22N4O2S2/c1-12-15-17(20-9-13-5-3-7-25-13)21-11-22-18(15)27-16(12)19(24)23(2)10-14-6-4-8-26-14/h4,6,8,11,13H,3,5,7,9-10H2,1-2H3,(H,20,21,22). The van der Waals surface area contributed by atoms with Gasteiger partial charge in [-0.1, -0.05) is 6.07 Å². The summed E-state index contributed by atoms with van der Waals surface area (Å²) in [6, 6.07) is 4.05. The minimum atomic E-state index is 0.0222. The molecule has 1 unspecified atom stereocenters. The summed E-state index contributed by atoms with van der Waals surface area (Å²) in [6.07, 6.45) is 3.96. The molecule has 0 spiro atoms. The first kappa shape index (κ1) is 18.3. The van der Waals surface area contributed by atoms with Crippen LogP contribution in [-0.2, 0) is 11.3 Å². The number of rotatable bonds is 6. The minimum Gasteiger partial charge on any atom is -0.376 e. The number of anilines is 1. The number of carbonyl (C=O) groups is 1. The summed E-state index contributed by atoms with van der Waals surface area (Å²) in [6.45, 7) is 4.15. The Morgan fingerprint density at radius 3 is 3.07 bits per heavy atom. The van der Waals surface area contributed by atoms with Crippen molar-refractivity contribution in [1.82, 2.24) is 14.9 Å². The van der Waals surface area contributed by atoms with Gasteiger partial charge in [0.2, 0.25) is 0 Å². The number of carbonyl (C=O) groups excluding carboxylic acids is 1. The van der Waals surface area contributed by atoms with Gasteiger partial charge in [-0.15, -0.1) is 22.7 Å². The van der Waals surface area contributed by atoms with E-state index in [1.165, 1.54) is 16.2 Å². The van der Waals surface area contributed by atoms with Crippen molar-refractivity contribution in [3.8, 4) is 0 Å². The van der Waals surface area contributed by atoms with Crippen LogP contribution in [0.4, 0.5) is 5.82 Å². The van der Waals surface area contributed by atoms with Gasteiger partial charge in [-0.05, 0) is 36.8 Å². The predicted octanol–water partition coefficient (Wildman–Crippen LogP) is 3.92. The van der Waals surface area contributed by atoms with Crippen LogP contribution in [0.25, 0.3) is 10.2 Å². The Morgan fingerprint density at radius 2 is 2.33 bits per heavy atom. The van der Waals surface area contributed by atoms with Crippen LogP contribution in [0.3, 0.4) is 0 Å².